The maximum atomic E-state index is 11.9. The number of carbonyl (C=O) groups is 1. The first-order chi connectivity index (χ1) is 8.79. The molecule has 7 heteroatoms. The van der Waals surface area contributed by atoms with Crippen molar-refractivity contribution in [1.82, 2.24) is 10.0 Å². The number of carbonyl (C=O) groups excluding carboxylic acids is 1. The summed E-state index contributed by atoms with van der Waals surface area (Å²) in [5, 5.41) is 2.74. The van der Waals surface area contributed by atoms with Gasteiger partial charge in [0, 0.05) is 17.6 Å². The maximum absolute atomic E-state index is 11.9. The van der Waals surface area contributed by atoms with Crippen LogP contribution in [0.5, 0.6) is 0 Å². The van der Waals surface area contributed by atoms with Crippen molar-refractivity contribution in [2.45, 2.75) is 13.3 Å². The van der Waals surface area contributed by atoms with E-state index >= 15 is 0 Å². The van der Waals surface area contributed by atoms with Gasteiger partial charge in [-0.15, -0.1) is 0 Å². The third-order valence-electron chi connectivity index (χ3n) is 2.37. The van der Waals surface area contributed by atoms with Crippen LogP contribution in [0.25, 0.3) is 0 Å². The van der Waals surface area contributed by atoms with E-state index in [9.17, 15) is 13.2 Å². The summed E-state index contributed by atoms with van der Waals surface area (Å²) in [6, 6.07) is 5.49. The van der Waals surface area contributed by atoms with Crippen LogP contribution < -0.4 is 10.0 Å². The molecule has 1 amide bonds. The summed E-state index contributed by atoms with van der Waals surface area (Å²) < 4.78 is 24.8. The number of nitrogens with one attached hydrogen (secondary N) is 2. The average molecular weight is 349 g/mol. The van der Waals surface area contributed by atoms with Gasteiger partial charge in [-0.05, 0) is 47.0 Å². The summed E-state index contributed by atoms with van der Waals surface area (Å²) in [6.07, 6.45) is 1.65. The van der Waals surface area contributed by atoms with Gasteiger partial charge in [0.2, 0.25) is 10.0 Å². The summed E-state index contributed by atoms with van der Waals surface area (Å²) in [4.78, 5) is 11.9. The van der Waals surface area contributed by atoms with Crippen LogP contribution in [-0.4, -0.2) is 33.7 Å². The minimum absolute atomic E-state index is 0.175. The molecule has 0 fully saturated rings. The second-order valence-corrected chi connectivity index (χ2v) is 6.95. The first kappa shape index (κ1) is 16.1. The Morgan fingerprint density at radius 2 is 2.00 bits per heavy atom. The molecule has 0 radical (unpaired) electrons. The minimum Gasteiger partial charge on any atom is -0.352 e. The Morgan fingerprint density at radius 3 is 2.58 bits per heavy atom. The lowest BCUT2D eigenvalue weighted by Crippen LogP contribution is -2.29. The second-order valence-electron chi connectivity index (χ2n) is 4.26. The van der Waals surface area contributed by atoms with E-state index in [0.717, 1.165) is 16.3 Å². The largest absolute Gasteiger partial charge is 0.352 e. The van der Waals surface area contributed by atoms with Crippen molar-refractivity contribution in [3.05, 3.63) is 33.8 Å². The predicted octanol–water partition coefficient (Wildman–Crippen LogP) is 1.43. The number of hydrogen-bond donors (Lipinski definition) is 2. The van der Waals surface area contributed by atoms with Crippen LogP contribution in [0.4, 0.5) is 0 Å². The summed E-state index contributed by atoms with van der Waals surface area (Å²) in [7, 11) is -3.16. The Hall–Kier alpha value is -0.920. The van der Waals surface area contributed by atoms with Gasteiger partial charge in [-0.25, -0.2) is 13.1 Å². The zero-order valence-electron chi connectivity index (χ0n) is 10.9. The first-order valence-electron chi connectivity index (χ1n) is 5.78. The van der Waals surface area contributed by atoms with E-state index in [1.165, 1.54) is 0 Å². The molecule has 0 unspecified atom stereocenters. The van der Waals surface area contributed by atoms with Crippen LogP contribution in [0.1, 0.15) is 22.3 Å². The maximum Gasteiger partial charge on any atom is 0.252 e. The summed E-state index contributed by atoms with van der Waals surface area (Å²) in [6.45, 7) is 2.68. The van der Waals surface area contributed by atoms with Gasteiger partial charge in [0.15, 0.2) is 0 Å². The zero-order chi connectivity index (χ0) is 14.5. The van der Waals surface area contributed by atoms with Crippen molar-refractivity contribution in [1.29, 1.82) is 0 Å². The van der Waals surface area contributed by atoms with Crippen LogP contribution in [0, 0.1) is 6.92 Å². The van der Waals surface area contributed by atoms with Gasteiger partial charge in [-0.3, -0.25) is 4.79 Å². The van der Waals surface area contributed by atoms with E-state index in [2.05, 4.69) is 26.0 Å². The van der Waals surface area contributed by atoms with E-state index in [1.807, 2.05) is 19.1 Å². The van der Waals surface area contributed by atoms with E-state index in [0.29, 0.717) is 25.1 Å². The van der Waals surface area contributed by atoms with Crippen LogP contribution in [0.2, 0.25) is 0 Å². The van der Waals surface area contributed by atoms with Crippen LogP contribution in [0.3, 0.4) is 0 Å². The fourth-order valence-corrected chi connectivity index (χ4v) is 2.64. The predicted molar refractivity (Wildman–Crippen MR) is 78.7 cm³/mol. The van der Waals surface area contributed by atoms with Gasteiger partial charge in [-0.1, -0.05) is 6.07 Å². The van der Waals surface area contributed by atoms with Crippen molar-refractivity contribution < 1.29 is 13.2 Å². The quantitative estimate of drug-likeness (QED) is 0.763. The van der Waals surface area contributed by atoms with Gasteiger partial charge in [0.1, 0.15) is 0 Å². The lowest BCUT2D eigenvalue weighted by atomic mass is 10.1. The van der Waals surface area contributed by atoms with Crippen molar-refractivity contribution >= 4 is 31.9 Å². The molecule has 1 aromatic rings. The monoisotopic (exact) mass is 348 g/mol. The molecule has 106 valence electrons. The molecule has 0 aromatic heterocycles. The van der Waals surface area contributed by atoms with E-state index < -0.39 is 10.0 Å². The molecule has 0 spiro atoms. The third-order valence-corrected chi connectivity index (χ3v) is 3.76. The molecular formula is C12H17BrN2O3S. The average Bonchev–Trinajstić information content (AvgIpc) is 2.26. The lowest BCUT2D eigenvalue weighted by Gasteiger charge is -2.07. The van der Waals surface area contributed by atoms with Crippen LogP contribution >= 0.6 is 15.9 Å². The van der Waals surface area contributed by atoms with E-state index in [4.69, 9.17) is 0 Å². The Bertz CT molecular complexity index is 558. The van der Waals surface area contributed by atoms with E-state index in [1.54, 1.807) is 6.07 Å². The molecule has 0 bridgehead atoms. The van der Waals surface area contributed by atoms with Gasteiger partial charge in [0.05, 0.1) is 11.8 Å². The number of benzene rings is 1. The van der Waals surface area contributed by atoms with Crippen molar-refractivity contribution in [2.75, 3.05) is 19.3 Å². The number of hydrogen-bond acceptors (Lipinski definition) is 3. The highest BCUT2D eigenvalue weighted by Gasteiger charge is 2.09. The van der Waals surface area contributed by atoms with Gasteiger partial charge < -0.3 is 5.32 Å². The molecule has 0 aliphatic rings. The molecule has 5 nitrogen and oxygen atoms in total. The number of halogens is 1. The number of aryl methyl sites for hydroxylation is 1. The highest BCUT2D eigenvalue weighted by molar-refractivity contribution is 9.10. The molecule has 0 saturated carbocycles. The van der Waals surface area contributed by atoms with Crippen molar-refractivity contribution in [2.24, 2.45) is 0 Å². The Balaban J connectivity index is 2.39. The minimum atomic E-state index is -3.16. The summed E-state index contributed by atoms with van der Waals surface area (Å²) in [5.41, 5.74) is 1.64. The highest BCUT2D eigenvalue weighted by Crippen LogP contribution is 2.18. The summed E-state index contributed by atoms with van der Waals surface area (Å²) >= 11 is 3.34. The number of sulfonamides is 1. The fourth-order valence-electron chi connectivity index (χ4n) is 1.45. The van der Waals surface area contributed by atoms with Gasteiger partial charge in [0.25, 0.3) is 5.91 Å². The van der Waals surface area contributed by atoms with Crippen molar-refractivity contribution in [3.8, 4) is 0 Å². The second kappa shape index (κ2) is 7.02. The number of rotatable bonds is 6. The molecule has 0 aliphatic carbocycles. The highest BCUT2D eigenvalue weighted by atomic mass is 79.9. The lowest BCUT2D eigenvalue weighted by molar-refractivity contribution is 0.0952. The fraction of sp³-hybridized carbons (Fsp3) is 0.417. The first-order valence-corrected chi connectivity index (χ1v) is 8.47. The molecule has 0 heterocycles. The molecule has 0 atom stereocenters. The number of amides is 1. The smallest absolute Gasteiger partial charge is 0.252 e. The third kappa shape index (κ3) is 6.17. The molecule has 19 heavy (non-hydrogen) atoms. The standard InChI is InChI=1S/C12H17BrN2O3S/c1-9-4-5-10(11(13)8-9)12(16)14-6-3-7-15-19(2,17)18/h4-5,8,15H,3,6-7H2,1-2H3,(H,14,16). The van der Waals surface area contributed by atoms with Gasteiger partial charge in [-0.2, -0.15) is 0 Å². The molecule has 1 aromatic carbocycles. The van der Waals surface area contributed by atoms with Crippen molar-refractivity contribution in [3.63, 3.8) is 0 Å². The molecule has 0 saturated heterocycles. The molecule has 0 aliphatic heterocycles. The van der Waals surface area contributed by atoms with Crippen LogP contribution in [-0.2, 0) is 10.0 Å². The Kier molecular flexibility index (Phi) is 5.96. The molecule has 2 N–H and O–H groups in total. The molecule has 1 rings (SSSR count). The Morgan fingerprint density at radius 1 is 1.32 bits per heavy atom. The van der Waals surface area contributed by atoms with E-state index in [-0.39, 0.29) is 5.91 Å². The molecular weight excluding hydrogens is 332 g/mol. The van der Waals surface area contributed by atoms with Crippen LogP contribution in [0.15, 0.2) is 22.7 Å². The Labute approximate surface area is 122 Å². The topological polar surface area (TPSA) is 75.3 Å². The SMILES string of the molecule is Cc1ccc(C(=O)NCCCNS(C)(=O)=O)c(Br)c1. The normalized spacial score (nSPS) is 11.3. The zero-order valence-corrected chi connectivity index (χ0v) is 13.3. The van der Waals surface area contributed by atoms with Gasteiger partial charge >= 0.3 is 0 Å². The summed E-state index contributed by atoms with van der Waals surface area (Å²) in [5.74, 6) is -0.175.